The van der Waals surface area contributed by atoms with Gasteiger partial charge in [-0.2, -0.15) is 0 Å². The van der Waals surface area contributed by atoms with E-state index in [0.29, 0.717) is 23.3 Å². The summed E-state index contributed by atoms with van der Waals surface area (Å²) in [5, 5.41) is 19.3. The maximum absolute atomic E-state index is 11.2. The van der Waals surface area contributed by atoms with Crippen molar-refractivity contribution in [2.75, 3.05) is 0 Å². The molecule has 1 unspecified atom stereocenters. The van der Waals surface area contributed by atoms with Gasteiger partial charge in [-0.3, -0.25) is 0 Å². The Bertz CT molecular complexity index is 600. The minimum Gasteiger partial charge on any atom is -0.507 e. The summed E-state index contributed by atoms with van der Waals surface area (Å²) in [5.41, 5.74) is 1.91. The van der Waals surface area contributed by atoms with E-state index in [1.54, 1.807) is 26.0 Å². The van der Waals surface area contributed by atoms with Crippen molar-refractivity contribution in [3.05, 3.63) is 47.1 Å². The molecule has 0 aliphatic heterocycles. The second-order valence-electron chi connectivity index (χ2n) is 5.33. The summed E-state index contributed by atoms with van der Waals surface area (Å²) in [5.74, 6) is -0.887. The molecule has 1 aromatic carbocycles. The molecule has 0 bridgehead atoms. The van der Waals surface area contributed by atoms with Crippen LogP contribution in [0.2, 0.25) is 0 Å². The Morgan fingerprint density at radius 3 is 2.59 bits per heavy atom. The highest BCUT2D eigenvalue weighted by Crippen LogP contribution is 2.34. The normalized spacial score (nSPS) is 12.8. The van der Waals surface area contributed by atoms with E-state index in [4.69, 9.17) is 9.84 Å². The number of rotatable bonds is 7. The van der Waals surface area contributed by atoms with Gasteiger partial charge < -0.3 is 14.9 Å². The van der Waals surface area contributed by atoms with Crippen molar-refractivity contribution in [2.45, 2.75) is 46.6 Å². The zero-order chi connectivity index (χ0) is 16.9. The molecule has 22 heavy (non-hydrogen) atoms. The molecular formula is C18H24O4. The Kier molecular flexibility index (Phi) is 6.23. The fraction of sp³-hybridized carbons (Fsp3) is 0.389. The van der Waals surface area contributed by atoms with E-state index in [1.165, 1.54) is 0 Å². The summed E-state index contributed by atoms with van der Waals surface area (Å²) in [4.78, 5) is 11.2. The van der Waals surface area contributed by atoms with Gasteiger partial charge in [-0.05, 0) is 44.4 Å². The van der Waals surface area contributed by atoms with Crippen LogP contribution in [0.5, 0.6) is 11.5 Å². The molecule has 0 heterocycles. The number of hydrogen-bond donors (Lipinski definition) is 2. The zero-order valence-corrected chi connectivity index (χ0v) is 13.6. The molecule has 120 valence electrons. The summed E-state index contributed by atoms with van der Waals surface area (Å²) >= 11 is 0. The summed E-state index contributed by atoms with van der Waals surface area (Å²) in [6.45, 7) is 11.1. The Labute approximate surface area is 131 Å². The number of allylic oxidation sites excluding steroid dienone is 1. The van der Waals surface area contributed by atoms with Crippen LogP contribution < -0.4 is 4.74 Å². The summed E-state index contributed by atoms with van der Waals surface area (Å²) in [6, 6.07) is 1.66. The Hall–Kier alpha value is -2.23. The molecule has 1 rings (SSSR count). The van der Waals surface area contributed by atoms with Gasteiger partial charge >= 0.3 is 5.97 Å². The summed E-state index contributed by atoms with van der Waals surface area (Å²) in [6.07, 6.45) is 5.24. The first-order chi connectivity index (χ1) is 10.3. The first kappa shape index (κ1) is 17.8. The third-order valence-corrected chi connectivity index (χ3v) is 3.60. The van der Waals surface area contributed by atoms with Crippen molar-refractivity contribution in [1.82, 2.24) is 0 Å². The lowest BCUT2D eigenvalue weighted by atomic mass is 10.0. The molecule has 0 fully saturated rings. The van der Waals surface area contributed by atoms with Crippen molar-refractivity contribution in [2.24, 2.45) is 0 Å². The molecule has 1 aromatic rings. The molecule has 0 saturated heterocycles. The van der Waals surface area contributed by atoms with Crippen molar-refractivity contribution in [3.8, 4) is 11.5 Å². The second kappa shape index (κ2) is 7.69. The number of phenols is 1. The zero-order valence-electron chi connectivity index (χ0n) is 13.6. The lowest BCUT2D eigenvalue weighted by Crippen LogP contribution is -2.18. The molecule has 0 spiro atoms. The average Bonchev–Trinajstić information content (AvgIpc) is 2.43. The maximum Gasteiger partial charge on any atom is 0.339 e. The van der Waals surface area contributed by atoms with E-state index in [2.05, 4.69) is 19.6 Å². The molecule has 0 saturated carbocycles. The van der Waals surface area contributed by atoms with E-state index in [1.807, 2.05) is 6.92 Å². The molecule has 1 atom stereocenters. The third-order valence-electron chi connectivity index (χ3n) is 3.60. The van der Waals surface area contributed by atoms with E-state index in [-0.39, 0.29) is 17.4 Å². The van der Waals surface area contributed by atoms with Crippen LogP contribution in [0.3, 0.4) is 0 Å². The lowest BCUT2D eigenvalue weighted by molar-refractivity contribution is 0.0692. The summed E-state index contributed by atoms with van der Waals surface area (Å²) < 4.78 is 6.00. The monoisotopic (exact) mass is 304 g/mol. The van der Waals surface area contributed by atoms with E-state index in [9.17, 15) is 9.90 Å². The number of aryl methyl sites for hydroxylation is 1. The Balaban J connectivity index is 3.24. The van der Waals surface area contributed by atoms with Gasteiger partial charge in [-0.15, -0.1) is 6.58 Å². The average molecular weight is 304 g/mol. The van der Waals surface area contributed by atoms with Crippen molar-refractivity contribution >= 4 is 5.97 Å². The molecule has 0 aliphatic rings. The van der Waals surface area contributed by atoms with Gasteiger partial charge in [0.2, 0.25) is 0 Å². The van der Waals surface area contributed by atoms with Crippen molar-refractivity contribution < 1.29 is 19.7 Å². The number of ether oxygens (including phenoxy) is 1. The molecule has 0 aliphatic carbocycles. The number of benzene rings is 1. The highest BCUT2D eigenvalue weighted by molar-refractivity contribution is 5.93. The highest BCUT2D eigenvalue weighted by Gasteiger charge is 2.21. The maximum atomic E-state index is 11.2. The van der Waals surface area contributed by atoms with Gasteiger partial charge in [0.05, 0.1) is 0 Å². The molecule has 4 nitrogen and oxygen atoms in total. The van der Waals surface area contributed by atoms with Crippen LogP contribution in [0.1, 0.15) is 48.2 Å². The fourth-order valence-corrected chi connectivity index (χ4v) is 2.35. The minimum absolute atomic E-state index is 0.0778. The predicted molar refractivity (Wildman–Crippen MR) is 87.8 cm³/mol. The number of aromatic carboxylic acids is 1. The van der Waals surface area contributed by atoms with Crippen LogP contribution >= 0.6 is 0 Å². The smallest absolute Gasteiger partial charge is 0.339 e. The van der Waals surface area contributed by atoms with Gasteiger partial charge in [0.25, 0.3) is 0 Å². The van der Waals surface area contributed by atoms with Crippen LogP contribution in [0, 0.1) is 13.8 Å². The number of carboxylic acids is 1. The number of hydrogen-bond acceptors (Lipinski definition) is 3. The summed E-state index contributed by atoms with van der Waals surface area (Å²) in [7, 11) is 0. The topological polar surface area (TPSA) is 66.8 Å². The van der Waals surface area contributed by atoms with E-state index in [0.717, 1.165) is 12.0 Å². The van der Waals surface area contributed by atoms with Gasteiger partial charge in [-0.1, -0.05) is 19.1 Å². The SMILES string of the molecule is C=CCC(Oc1cc(C)c(C(=O)O)c(O)c1C)C(C)=CCC. The number of aromatic hydroxyl groups is 1. The quantitative estimate of drug-likeness (QED) is 0.733. The van der Waals surface area contributed by atoms with Gasteiger partial charge in [0.1, 0.15) is 23.2 Å². The van der Waals surface area contributed by atoms with Crippen LogP contribution in [0.4, 0.5) is 0 Å². The first-order valence-electron chi connectivity index (χ1n) is 7.34. The molecule has 2 N–H and O–H groups in total. The van der Waals surface area contributed by atoms with Crippen LogP contribution in [-0.2, 0) is 0 Å². The minimum atomic E-state index is -1.14. The van der Waals surface area contributed by atoms with Crippen molar-refractivity contribution in [3.63, 3.8) is 0 Å². The van der Waals surface area contributed by atoms with Crippen LogP contribution in [0.15, 0.2) is 30.4 Å². The molecule has 0 amide bonds. The van der Waals surface area contributed by atoms with Gasteiger partial charge in [0, 0.05) is 12.0 Å². The fourth-order valence-electron chi connectivity index (χ4n) is 2.35. The molecule has 0 aromatic heterocycles. The van der Waals surface area contributed by atoms with Crippen LogP contribution in [-0.4, -0.2) is 22.3 Å². The predicted octanol–water partition coefficient (Wildman–Crippen LogP) is 4.39. The van der Waals surface area contributed by atoms with E-state index >= 15 is 0 Å². The van der Waals surface area contributed by atoms with E-state index < -0.39 is 5.97 Å². The Morgan fingerprint density at radius 2 is 2.09 bits per heavy atom. The standard InChI is InChI=1S/C18H24O4/c1-6-8-11(3)14(9-7-2)22-15-10-12(4)16(18(20)21)17(19)13(15)5/h7-8,10,14,19H,2,6,9H2,1,3-5H3,(H,20,21). The van der Waals surface area contributed by atoms with Crippen molar-refractivity contribution in [1.29, 1.82) is 0 Å². The van der Waals surface area contributed by atoms with Crippen LogP contribution in [0.25, 0.3) is 0 Å². The van der Waals surface area contributed by atoms with Gasteiger partial charge in [0.15, 0.2) is 0 Å². The van der Waals surface area contributed by atoms with Gasteiger partial charge in [-0.25, -0.2) is 4.79 Å². The number of carboxylic acid groups (broad SMARTS) is 1. The lowest BCUT2D eigenvalue weighted by Gasteiger charge is -2.21. The third kappa shape index (κ3) is 3.91. The molecule has 4 heteroatoms. The molecule has 0 radical (unpaired) electrons. The largest absolute Gasteiger partial charge is 0.507 e. The highest BCUT2D eigenvalue weighted by atomic mass is 16.5. The molecular weight excluding hydrogens is 280 g/mol. The second-order valence-corrected chi connectivity index (χ2v) is 5.33. The first-order valence-corrected chi connectivity index (χ1v) is 7.34. The number of carbonyl (C=O) groups is 1. The Morgan fingerprint density at radius 1 is 1.45 bits per heavy atom.